The third kappa shape index (κ3) is 3.26. The Morgan fingerprint density at radius 2 is 1.78 bits per heavy atom. The van der Waals surface area contributed by atoms with Crippen molar-refractivity contribution in [2.24, 2.45) is 0 Å². The molecular formula is C17H18N3O3. The van der Waals surface area contributed by atoms with E-state index in [1.165, 1.54) is 14.2 Å². The molecule has 1 fully saturated rings. The van der Waals surface area contributed by atoms with E-state index < -0.39 is 0 Å². The number of aromatic nitrogens is 2. The molecule has 1 saturated heterocycles. The molecule has 1 aliphatic heterocycles. The van der Waals surface area contributed by atoms with Crippen LogP contribution < -0.4 is 9.47 Å². The number of likely N-dealkylation sites (tertiary alicyclic amines) is 1. The molecule has 119 valence electrons. The lowest BCUT2D eigenvalue weighted by Gasteiger charge is -2.15. The molecule has 0 N–H and O–H groups in total. The van der Waals surface area contributed by atoms with Crippen LogP contribution in [0.15, 0.2) is 24.3 Å². The Morgan fingerprint density at radius 3 is 2.39 bits per heavy atom. The fourth-order valence-corrected chi connectivity index (χ4v) is 2.56. The number of rotatable bonds is 4. The summed E-state index contributed by atoms with van der Waals surface area (Å²) in [4.78, 5) is 23.0. The highest BCUT2D eigenvalue weighted by Crippen LogP contribution is 2.24. The van der Waals surface area contributed by atoms with Crippen LogP contribution in [0.25, 0.3) is 11.4 Å². The van der Waals surface area contributed by atoms with Crippen LogP contribution in [-0.2, 0) is 0 Å². The zero-order chi connectivity index (χ0) is 16.2. The summed E-state index contributed by atoms with van der Waals surface area (Å²) >= 11 is 0. The second-order valence-corrected chi connectivity index (χ2v) is 5.27. The first-order valence-electron chi connectivity index (χ1n) is 7.49. The summed E-state index contributed by atoms with van der Waals surface area (Å²) in [7, 11) is 3.07. The van der Waals surface area contributed by atoms with E-state index in [2.05, 4.69) is 16.0 Å². The maximum absolute atomic E-state index is 12.5. The Kier molecular flexibility index (Phi) is 4.41. The second kappa shape index (κ2) is 6.64. The van der Waals surface area contributed by atoms with Crippen molar-refractivity contribution in [3.63, 3.8) is 0 Å². The zero-order valence-electron chi connectivity index (χ0n) is 13.2. The van der Waals surface area contributed by atoms with E-state index in [0.29, 0.717) is 23.1 Å². The van der Waals surface area contributed by atoms with Crippen molar-refractivity contribution in [1.82, 2.24) is 14.9 Å². The molecule has 1 radical (unpaired) electrons. The van der Waals surface area contributed by atoms with Crippen molar-refractivity contribution in [3.8, 4) is 23.1 Å². The van der Waals surface area contributed by atoms with Crippen LogP contribution in [0, 0.1) is 6.07 Å². The minimum atomic E-state index is -0.000730. The van der Waals surface area contributed by atoms with Gasteiger partial charge < -0.3 is 14.4 Å². The predicted molar refractivity (Wildman–Crippen MR) is 84.5 cm³/mol. The Hall–Kier alpha value is -2.63. The van der Waals surface area contributed by atoms with Crippen LogP contribution in [0.4, 0.5) is 0 Å². The number of carbonyl (C=O) groups excluding carboxylic acids is 1. The average Bonchev–Trinajstić information content (AvgIpc) is 3.15. The van der Waals surface area contributed by atoms with Gasteiger partial charge in [-0.25, -0.2) is 0 Å². The number of methoxy groups -OCH3 is 2. The summed E-state index contributed by atoms with van der Waals surface area (Å²) in [6.07, 6.45) is 2.11. The summed E-state index contributed by atoms with van der Waals surface area (Å²) in [5.41, 5.74) is 1.25. The van der Waals surface area contributed by atoms with E-state index >= 15 is 0 Å². The number of nitrogens with zero attached hydrogens (tertiary/aromatic N) is 3. The van der Waals surface area contributed by atoms with Gasteiger partial charge in [-0.1, -0.05) is 12.1 Å². The zero-order valence-corrected chi connectivity index (χ0v) is 13.2. The molecule has 0 bridgehead atoms. The largest absolute Gasteiger partial charge is 0.481 e. The number of amides is 1. The van der Waals surface area contributed by atoms with Crippen LogP contribution in [0.5, 0.6) is 11.8 Å². The third-order valence-corrected chi connectivity index (χ3v) is 3.78. The van der Waals surface area contributed by atoms with Gasteiger partial charge in [0.05, 0.1) is 20.3 Å². The molecule has 1 amide bonds. The highest BCUT2D eigenvalue weighted by Gasteiger charge is 2.20. The number of ether oxygens (including phenoxy) is 2. The summed E-state index contributed by atoms with van der Waals surface area (Å²) < 4.78 is 10.3. The normalized spacial score (nSPS) is 13.9. The first-order valence-corrected chi connectivity index (χ1v) is 7.49. The van der Waals surface area contributed by atoms with Gasteiger partial charge in [0, 0.05) is 24.2 Å². The first-order chi connectivity index (χ1) is 11.2. The Bertz CT molecular complexity index is 690. The van der Waals surface area contributed by atoms with Crippen molar-refractivity contribution < 1.29 is 14.3 Å². The minimum Gasteiger partial charge on any atom is -0.481 e. The molecule has 1 aromatic heterocycles. The standard InChI is InChI=1S/C17H18N3O3/c1-22-14-11-15(23-2)19-16(18-14)12-6-5-7-13(10-12)17(21)20-8-3-4-9-20/h5-6,10-11H,3-4,8-9H2,1-2H3. The third-order valence-electron chi connectivity index (χ3n) is 3.78. The smallest absolute Gasteiger partial charge is 0.254 e. The summed E-state index contributed by atoms with van der Waals surface area (Å²) in [6, 6.07) is 9.90. The van der Waals surface area contributed by atoms with Crippen LogP contribution in [0.1, 0.15) is 23.2 Å². The predicted octanol–water partition coefficient (Wildman–Crippen LogP) is 2.20. The van der Waals surface area contributed by atoms with Gasteiger partial charge in [0.2, 0.25) is 11.8 Å². The molecule has 6 heteroatoms. The maximum atomic E-state index is 12.5. The quantitative estimate of drug-likeness (QED) is 0.866. The van der Waals surface area contributed by atoms with Gasteiger partial charge in [-0.05, 0) is 25.0 Å². The summed E-state index contributed by atoms with van der Waals surface area (Å²) in [5.74, 6) is 1.27. The van der Waals surface area contributed by atoms with Gasteiger partial charge in [0.25, 0.3) is 5.91 Å². The Balaban J connectivity index is 1.94. The highest BCUT2D eigenvalue weighted by atomic mass is 16.5. The fourth-order valence-electron chi connectivity index (χ4n) is 2.56. The number of hydrogen-bond acceptors (Lipinski definition) is 5. The molecule has 0 spiro atoms. The van der Waals surface area contributed by atoms with Gasteiger partial charge in [0.15, 0.2) is 5.82 Å². The molecular weight excluding hydrogens is 294 g/mol. The van der Waals surface area contributed by atoms with E-state index in [1.807, 2.05) is 11.0 Å². The Labute approximate surface area is 135 Å². The van der Waals surface area contributed by atoms with E-state index in [0.717, 1.165) is 31.5 Å². The van der Waals surface area contributed by atoms with Crippen LogP contribution in [0.2, 0.25) is 0 Å². The highest BCUT2D eigenvalue weighted by molar-refractivity contribution is 5.95. The number of carbonyl (C=O) groups is 1. The molecule has 0 aliphatic carbocycles. The lowest BCUT2D eigenvalue weighted by atomic mass is 10.1. The molecule has 3 rings (SSSR count). The Morgan fingerprint density at radius 1 is 1.13 bits per heavy atom. The van der Waals surface area contributed by atoms with Crippen LogP contribution in [0.3, 0.4) is 0 Å². The van der Waals surface area contributed by atoms with Crippen LogP contribution in [-0.4, -0.2) is 48.1 Å². The molecule has 0 unspecified atom stereocenters. The van der Waals surface area contributed by atoms with Gasteiger partial charge in [-0.15, -0.1) is 0 Å². The monoisotopic (exact) mass is 312 g/mol. The van der Waals surface area contributed by atoms with E-state index in [4.69, 9.17) is 9.47 Å². The number of benzene rings is 1. The van der Waals surface area contributed by atoms with Crippen molar-refractivity contribution in [1.29, 1.82) is 0 Å². The van der Waals surface area contributed by atoms with Crippen molar-refractivity contribution in [2.45, 2.75) is 12.8 Å². The molecule has 2 aromatic rings. The summed E-state index contributed by atoms with van der Waals surface area (Å²) in [5, 5.41) is 0. The second-order valence-electron chi connectivity index (χ2n) is 5.27. The average molecular weight is 312 g/mol. The summed E-state index contributed by atoms with van der Waals surface area (Å²) in [6.45, 7) is 1.61. The van der Waals surface area contributed by atoms with Gasteiger partial charge in [0.1, 0.15) is 0 Å². The van der Waals surface area contributed by atoms with Crippen molar-refractivity contribution in [3.05, 3.63) is 35.9 Å². The molecule has 1 aromatic carbocycles. The van der Waals surface area contributed by atoms with Crippen LogP contribution >= 0.6 is 0 Å². The van der Waals surface area contributed by atoms with Gasteiger partial charge in [-0.3, -0.25) is 4.79 Å². The minimum absolute atomic E-state index is 0.000730. The number of hydrogen-bond donors (Lipinski definition) is 0. The topological polar surface area (TPSA) is 64.6 Å². The molecule has 1 aliphatic rings. The van der Waals surface area contributed by atoms with Crippen molar-refractivity contribution in [2.75, 3.05) is 27.3 Å². The van der Waals surface area contributed by atoms with Crippen molar-refractivity contribution >= 4 is 5.91 Å². The molecule has 0 atom stereocenters. The van der Waals surface area contributed by atoms with Gasteiger partial charge in [-0.2, -0.15) is 9.97 Å². The lowest BCUT2D eigenvalue weighted by molar-refractivity contribution is 0.0792. The van der Waals surface area contributed by atoms with E-state index in [9.17, 15) is 4.79 Å². The SMILES string of the molecule is COc1cc(OC)nc(-c2cc[c]c(C(=O)N3CCCC3)c2)n1. The molecule has 2 heterocycles. The van der Waals surface area contributed by atoms with E-state index in [-0.39, 0.29) is 5.91 Å². The fraction of sp³-hybridized carbons (Fsp3) is 0.353. The molecule has 6 nitrogen and oxygen atoms in total. The molecule has 0 saturated carbocycles. The first kappa shape index (κ1) is 15.3. The molecule has 23 heavy (non-hydrogen) atoms. The van der Waals surface area contributed by atoms with Gasteiger partial charge >= 0.3 is 0 Å². The maximum Gasteiger partial charge on any atom is 0.254 e. The lowest BCUT2D eigenvalue weighted by Crippen LogP contribution is -2.27. The van der Waals surface area contributed by atoms with E-state index in [1.54, 1.807) is 18.2 Å².